The lowest BCUT2D eigenvalue weighted by Crippen LogP contribution is -2.21. The van der Waals surface area contributed by atoms with Gasteiger partial charge in [0.15, 0.2) is 17.3 Å². The van der Waals surface area contributed by atoms with E-state index < -0.39 is 0 Å². The minimum absolute atomic E-state index is 0.106. The SMILES string of the molecule is COCCCn1ccc2c(cnc3nc(-c4ccc5c(c4)OCCCO5)nn32)c1=O. The Morgan fingerprint density at radius 2 is 2.03 bits per heavy atom. The topological polar surface area (TPSA) is 92.8 Å². The fourth-order valence-corrected chi connectivity index (χ4v) is 3.54. The molecule has 9 heteroatoms. The van der Waals surface area contributed by atoms with Crippen LogP contribution in [0.3, 0.4) is 0 Å². The van der Waals surface area contributed by atoms with Crippen LogP contribution in [0.4, 0.5) is 0 Å². The molecule has 1 aliphatic rings. The van der Waals surface area contributed by atoms with E-state index in [9.17, 15) is 4.79 Å². The molecule has 0 unspecified atom stereocenters. The first-order valence-electron chi connectivity index (χ1n) is 9.88. The van der Waals surface area contributed by atoms with Crippen LogP contribution in [-0.4, -0.2) is 51.1 Å². The summed E-state index contributed by atoms with van der Waals surface area (Å²) < 4.78 is 19.8. The van der Waals surface area contributed by atoms with E-state index in [4.69, 9.17) is 14.2 Å². The second kappa shape index (κ2) is 7.75. The summed E-state index contributed by atoms with van der Waals surface area (Å²) in [6.45, 7) is 2.43. The number of hydrogen-bond acceptors (Lipinski definition) is 7. The standard InChI is InChI=1S/C21H21N5O4/c1-28-9-2-7-25-8-6-16-15(20(25)27)13-22-21-23-19(24-26(16)21)14-4-5-17-18(12-14)30-11-3-10-29-17/h4-6,8,12-13H,2-3,7,9-11H2,1H3. The summed E-state index contributed by atoms with van der Waals surface area (Å²) in [5.41, 5.74) is 1.36. The van der Waals surface area contributed by atoms with Crippen LogP contribution in [-0.2, 0) is 11.3 Å². The molecule has 5 rings (SSSR count). The summed E-state index contributed by atoms with van der Waals surface area (Å²) in [5.74, 6) is 2.34. The van der Waals surface area contributed by atoms with Crippen LogP contribution in [0.15, 0.2) is 41.5 Å². The molecule has 1 aliphatic heterocycles. The monoisotopic (exact) mass is 407 g/mol. The molecule has 1 aromatic carbocycles. The van der Waals surface area contributed by atoms with Crippen LogP contribution in [0, 0.1) is 0 Å². The number of aromatic nitrogens is 5. The molecule has 0 bridgehead atoms. The minimum Gasteiger partial charge on any atom is -0.490 e. The van der Waals surface area contributed by atoms with E-state index >= 15 is 0 Å². The van der Waals surface area contributed by atoms with Gasteiger partial charge in [0.1, 0.15) is 0 Å². The van der Waals surface area contributed by atoms with E-state index in [0.717, 1.165) is 24.2 Å². The summed E-state index contributed by atoms with van der Waals surface area (Å²) in [4.78, 5) is 21.7. The lowest BCUT2D eigenvalue weighted by Gasteiger charge is -2.07. The number of hydrogen-bond donors (Lipinski definition) is 0. The predicted octanol–water partition coefficient (Wildman–Crippen LogP) is 2.30. The van der Waals surface area contributed by atoms with Gasteiger partial charge >= 0.3 is 0 Å². The van der Waals surface area contributed by atoms with Crippen LogP contribution >= 0.6 is 0 Å². The molecule has 0 spiro atoms. The number of ether oxygens (including phenoxy) is 3. The molecule has 0 radical (unpaired) electrons. The molecule has 30 heavy (non-hydrogen) atoms. The van der Waals surface area contributed by atoms with Gasteiger partial charge in [-0.2, -0.15) is 9.50 Å². The van der Waals surface area contributed by atoms with Crippen LogP contribution in [0.1, 0.15) is 12.8 Å². The van der Waals surface area contributed by atoms with Crippen LogP contribution in [0.5, 0.6) is 11.5 Å². The molecule has 0 saturated carbocycles. The highest BCUT2D eigenvalue weighted by Crippen LogP contribution is 2.33. The van der Waals surface area contributed by atoms with Crippen LogP contribution in [0.2, 0.25) is 0 Å². The van der Waals surface area contributed by atoms with Crippen molar-refractivity contribution in [1.82, 2.24) is 24.1 Å². The van der Waals surface area contributed by atoms with Crippen molar-refractivity contribution in [3.63, 3.8) is 0 Å². The van der Waals surface area contributed by atoms with E-state index in [2.05, 4.69) is 15.1 Å². The number of nitrogens with zero attached hydrogens (tertiary/aromatic N) is 5. The van der Waals surface area contributed by atoms with E-state index in [1.807, 2.05) is 24.3 Å². The molecule has 4 heterocycles. The van der Waals surface area contributed by atoms with Gasteiger partial charge in [-0.05, 0) is 30.7 Å². The Morgan fingerprint density at radius 1 is 1.17 bits per heavy atom. The van der Waals surface area contributed by atoms with E-state index in [1.165, 1.54) is 0 Å². The van der Waals surface area contributed by atoms with Crippen molar-refractivity contribution in [2.45, 2.75) is 19.4 Å². The Hall–Kier alpha value is -3.46. The summed E-state index contributed by atoms with van der Waals surface area (Å²) in [6, 6.07) is 7.50. The molecular formula is C21H21N5O4. The molecule has 4 aromatic rings. The molecule has 0 fully saturated rings. The van der Waals surface area contributed by atoms with Crippen molar-refractivity contribution in [2.24, 2.45) is 0 Å². The number of pyridine rings is 1. The molecular weight excluding hydrogens is 386 g/mol. The number of methoxy groups -OCH3 is 1. The third-order valence-electron chi connectivity index (χ3n) is 5.06. The van der Waals surface area contributed by atoms with E-state index in [-0.39, 0.29) is 5.56 Å². The van der Waals surface area contributed by atoms with Gasteiger partial charge in [-0.3, -0.25) is 4.79 Å². The second-order valence-electron chi connectivity index (χ2n) is 7.08. The fraction of sp³-hybridized carbons (Fsp3) is 0.333. The van der Waals surface area contributed by atoms with Crippen LogP contribution < -0.4 is 15.0 Å². The van der Waals surface area contributed by atoms with Gasteiger partial charge in [0.2, 0.25) is 0 Å². The fourth-order valence-electron chi connectivity index (χ4n) is 3.54. The third-order valence-corrected chi connectivity index (χ3v) is 5.06. The number of benzene rings is 1. The summed E-state index contributed by atoms with van der Waals surface area (Å²) in [6.07, 6.45) is 4.94. The number of aryl methyl sites for hydroxylation is 1. The Balaban J connectivity index is 1.56. The van der Waals surface area contributed by atoms with Gasteiger partial charge in [-0.25, -0.2) is 4.98 Å². The first-order chi connectivity index (χ1) is 14.7. The number of rotatable bonds is 5. The van der Waals surface area contributed by atoms with Crippen molar-refractivity contribution in [1.29, 1.82) is 0 Å². The zero-order valence-electron chi connectivity index (χ0n) is 16.6. The van der Waals surface area contributed by atoms with Gasteiger partial charge in [0.05, 0.1) is 24.1 Å². The van der Waals surface area contributed by atoms with Crippen molar-refractivity contribution in [3.05, 3.63) is 47.0 Å². The van der Waals surface area contributed by atoms with E-state index in [0.29, 0.717) is 54.6 Å². The third kappa shape index (κ3) is 3.26. The Kier molecular flexibility index (Phi) is 4.80. The van der Waals surface area contributed by atoms with Crippen LogP contribution in [0.25, 0.3) is 28.1 Å². The Bertz CT molecular complexity index is 1280. The molecule has 0 aliphatic carbocycles. The van der Waals surface area contributed by atoms with Crippen molar-refractivity contribution >= 4 is 16.7 Å². The zero-order chi connectivity index (χ0) is 20.5. The van der Waals surface area contributed by atoms with Crippen molar-refractivity contribution in [2.75, 3.05) is 26.9 Å². The first-order valence-corrected chi connectivity index (χ1v) is 9.88. The molecule has 154 valence electrons. The van der Waals surface area contributed by atoms with Crippen molar-refractivity contribution in [3.8, 4) is 22.9 Å². The zero-order valence-corrected chi connectivity index (χ0v) is 16.6. The normalized spacial score (nSPS) is 13.6. The lowest BCUT2D eigenvalue weighted by atomic mass is 10.2. The quantitative estimate of drug-likeness (QED) is 0.469. The Morgan fingerprint density at radius 3 is 2.90 bits per heavy atom. The summed E-state index contributed by atoms with van der Waals surface area (Å²) in [7, 11) is 1.65. The van der Waals surface area contributed by atoms with Crippen molar-refractivity contribution < 1.29 is 14.2 Å². The highest BCUT2D eigenvalue weighted by Gasteiger charge is 2.16. The minimum atomic E-state index is -0.106. The highest BCUT2D eigenvalue weighted by atomic mass is 16.5. The van der Waals surface area contributed by atoms with Gasteiger partial charge in [-0.15, -0.1) is 5.10 Å². The maximum atomic E-state index is 12.8. The Labute approximate surface area is 171 Å². The largest absolute Gasteiger partial charge is 0.490 e. The lowest BCUT2D eigenvalue weighted by molar-refractivity contribution is 0.190. The predicted molar refractivity (Wildman–Crippen MR) is 110 cm³/mol. The highest BCUT2D eigenvalue weighted by molar-refractivity contribution is 5.79. The molecule has 0 atom stereocenters. The summed E-state index contributed by atoms with van der Waals surface area (Å²) >= 11 is 0. The number of fused-ring (bicyclic) bond motifs is 4. The average molecular weight is 407 g/mol. The maximum absolute atomic E-state index is 12.8. The average Bonchev–Trinajstić information content (AvgIpc) is 3.07. The van der Waals surface area contributed by atoms with E-state index in [1.54, 1.807) is 28.6 Å². The van der Waals surface area contributed by atoms with Gasteiger partial charge < -0.3 is 18.8 Å². The molecule has 3 aromatic heterocycles. The first kappa shape index (κ1) is 18.6. The van der Waals surface area contributed by atoms with Gasteiger partial charge in [0.25, 0.3) is 11.3 Å². The molecule has 0 saturated heterocycles. The van der Waals surface area contributed by atoms with Gasteiger partial charge in [0, 0.05) is 44.6 Å². The second-order valence-corrected chi connectivity index (χ2v) is 7.08. The molecule has 0 amide bonds. The maximum Gasteiger partial charge on any atom is 0.261 e. The molecule has 9 nitrogen and oxygen atoms in total. The summed E-state index contributed by atoms with van der Waals surface area (Å²) in [5, 5.41) is 5.11. The smallest absolute Gasteiger partial charge is 0.261 e. The molecule has 0 N–H and O–H groups in total. The van der Waals surface area contributed by atoms with Gasteiger partial charge in [-0.1, -0.05) is 0 Å².